The van der Waals surface area contributed by atoms with Crippen molar-refractivity contribution in [2.24, 2.45) is 0 Å². The Bertz CT molecular complexity index is 705. The number of amides is 3. The van der Waals surface area contributed by atoms with Crippen LogP contribution >= 0.6 is 0 Å². The summed E-state index contributed by atoms with van der Waals surface area (Å²) < 4.78 is 20.0. The Hall–Kier alpha value is -3.30. The normalized spacial score (nSPS) is 9.82. The molecule has 1 aromatic rings. The summed E-state index contributed by atoms with van der Waals surface area (Å²) in [6, 6.07) is 4.63. The Morgan fingerprint density at radius 2 is 1.57 bits per heavy atom. The summed E-state index contributed by atoms with van der Waals surface area (Å²) in [4.78, 5) is 46.2. The predicted molar refractivity (Wildman–Crippen MR) is 97.2 cm³/mol. The van der Waals surface area contributed by atoms with E-state index < -0.39 is 37.0 Å². The molecule has 0 saturated carbocycles. The zero-order valence-electron chi connectivity index (χ0n) is 16.0. The maximum atomic E-state index is 12.2. The smallest absolute Gasteiger partial charge is 0.413 e. The van der Waals surface area contributed by atoms with Crippen LogP contribution in [0.2, 0.25) is 0 Å². The second-order valence-electron chi connectivity index (χ2n) is 5.14. The van der Waals surface area contributed by atoms with Crippen LogP contribution in [0.3, 0.4) is 0 Å². The van der Waals surface area contributed by atoms with Gasteiger partial charge in [0.05, 0.1) is 19.8 Å². The molecule has 0 bridgehead atoms. The maximum Gasteiger partial charge on any atom is 0.413 e. The number of hydrogen-bond acceptors (Lipinski definition) is 8. The van der Waals surface area contributed by atoms with Crippen molar-refractivity contribution in [3.63, 3.8) is 0 Å². The zero-order valence-corrected chi connectivity index (χ0v) is 16.0. The molecule has 0 atom stereocenters. The lowest BCUT2D eigenvalue weighted by Gasteiger charge is -2.12. The highest BCUT2D eigenvalue weighted by molar-refractivity contribution is 5.97. The highest BCUT2D eigenvalue weighted by atomic mass is 16.6. The molecule has 28 heavy (non-hydrogen) atoms. The highest BCUT2D eigenvalue weighted by Gasteiger charge is 2.15. The first kappa shape index (κ1) is 22.7. The van der Waals surface area contributed by atoms with Gasteiger partial charge in [-0.15, -0.1) is 0 Å². The molecule has 2 N–H and O–H groups in total. The Labute approximate surface area is 162 Å². The van der Waals surface area contributed by atoms with E-state index in [0.29, 0.717) is 24.7 Å². The van der Waals surface area contributed by atoms with E-state index in [1.807, 2.05) is 12.2 Å². The van der Waals surface area contributed by atoms with Gasteiger partial charge in [0, 0.05) is 5.56 Å². The van der Waals surface area contributed by atoms with Crippen molar-refractivity contribution in [2.75, 3.05) is 33.0 Å². The van der Waals surface area contributed by atoms with Crippen molar-refractivity contribution in [1.29, 1.82) is 0 Å². The predicted octanol–water partition coefficient (Wildman–Crippen LogP) is 1.03. The number of esters is 1. The molecule has 0 unspecified atom stereocenters. The second-order valence-corrected chi connectivity index (χ2v) is 5.14. The van der Waals surface area contributed by atoms with Gasteiger partial charge in [0.15, 0.2) is 18.1 Å². The molecule has 0 spiro atoms. The van der Waals surface area contributed by atoms with Gasteiger partial charge in [-0.3, -0.25) is 19.7 Å². The molecule has 10 nitrogen and oxygen atoms in total. The fourth-order valence-corrected chi connectivity index (χ4v) is 1.96. The molecule has 154 valence electrons. The summed E-state index contributed by atoms with van der Waals surface area (Å²) in [6.45, 7) is 5.02. The molecule has 0 aromatic heterocycles. The van der Waals surface area contributed by atoms with Gasteiger partial charge in [-0.2, -0.15) is 0 Å². The summed E-state index contributed by atoms with van der Waals surface area (Å²) in [5.41, 5.74) is 0.264. The summed E-state index contributed by atoms with van der Waals surface area (Å²) in [5.74, 6) is -1.30. The van der Waals surface area contributed by atoms with E-state index in [0.717, 1.165) is 0 Å². The lowest BCUT2D eigenvalue weighted by atomic mass is 10.2. The summed E-state index contributed by atoms with van der Waals surface area (Å²) >= 11 is 0. The van der Waals surface area contributed by atoms with Gasteiger partial charge in [-0.1, -0.05) is 0 Å². The van der Waals surface area contributed by atoms with Crippen LogP contribution in [0.5, 0.6) is 11.5 Å². The number of carbonyl (C=O) groups is 4. The number of carbonyl (C=O) groups excluding carboxylic acids is 4. The minimum absolute atomic E-state index is 0.0987. The average Bonchev–Trinajstić information content (AvgIpc) is 2.66. The molecule has 1 aromatic carbocycles. The van der Waals surface area contributed by atoms with Crippen molar-refractivity contribution < 1.29 is 38.1 Å². The molecule has 10 heteroatoms. The van der Waals surface area contributed by atoms with Gasteiger partial charge in [-0.25, -0.2) is 4.79 Å². The lowest BCUT2D eigenvalue weighted by Crippen LogP contribution is -2.36. The number of alkyl carbamates (subject to hydrolysis) is 1. The van der Waals surface area contributed by atoms with E-state index in [1.54, 1.807) is 19.9 Å². The minimum atomic E-state index is -0.933. The third kappa shape index (κ3) is 7.94. The Morgan fingerprint density at radius 1 is 0.893 bits per heavy atom. The molecule has 0 aliphatic heterocycles. The number of benzene rings is 1. The SMILES string of the molecule is CCOC(=O)NC(=O)COC(=O)CNC(=O)c1ccc(OCC)c(OCC)c1. The molecule has 0 saturated heterocycles. The van der Waals surface area contributed by atoms with Crippen LogP contribution in [0.25, 0.3) is 0 Å². The van der Waals surface area contributed by atoms with E-state index in [-0.39, 0.29) is 12.2 Å². The van der Waals surface area contributed by atoms with Gasteiger partial charge < -0.3 is 24.3 Å². The van der Waals surface area contributed by atoms with Crippen LogP contribution in [0.15, 0.2) is 18.2 Å². The van der Waals surface area contributed by atoms with Crippen LogP contribution in [0.4, 0.5) is 4.79 Å². The third-order valence-electron chi connectivity index (χ3n) is 3.08. The molecule has 1 rings (SSSR count). The van der Waals surface area contributed by atoms with Crippen LogP contribution < -0.4 is 20.1 Å². The largest absolute Gasteiger partial charge is 0.490 e. The molecule has 3 amide bonds. The van der Waals surface area contributed by atoms with Crippen LogP contribution in [-0.4, -0.2) is 56.8 Å². The van der Waals surface area contributed by atoms with E-state index >= 15 is 0 Å². The molecule has 0 aliphatic rings. The van der Waals surface area contributed by atoms with E-state index in [9.17, 15) is 19.2 Å². The average molecular weight is 396 g/mol. The van der Waals surface area contributed by atoms with E-state index in [1.165, 1.54) is 12.1 Å². The second kappa shape index (κ2) is 12.2. The Kier molecular flexibility index (Phi) is 9.87. The Morgan fingerprint density at radius 3 is 2.21 bits per heavy atom. The van der Waals surface area contributed by atoms with E-state index in [4.69, 9.17) is 9.47 Å². The topological polar surface area (TPSA) is 129 Å². The van der Waals surface area contributed by atoms with Gasteiger partial charge in [0.1, 0.15) is 6.54 Å². The number of rotatable bonds is 10. The summed E-state index contributed by atoms with van der Waals surface area (Å²) in [6.07, 6.45) is -0.933. The molecular weight excluding hydrogens is 372 g/mol. The van der Waals surface area contributed by atoms with Crippen molar-refractivity contribution in [2.45, 2.75) is 20.8 Å². The standard InChI is InChI=1S/C18H24N2O8/c1-4-25-13-8-7-12(9-14(13)26-5-2)17(23)19-10-16(22)28-11-15(21)20-18(24)27-6-3/h7-9H,4-6,10-11H2,1-3H3,(H,19,23)(H,20,21,24). The monoisotopic (exact) mass is 396 g/mol. The number of imide groups is 1. The lowest BCUT2D eigenvalue weighted by molar-refractivity contribution is -0.147. The molecule has 0 radical (unpaired) electrons. The fourth-order valence-electron chi connectivity index (χ4n) is 1.96. The first-order chi connectivity index (χ1) is 13.4. The van der Waals surface area contributed by atoms with E-state index in [2.05, 4.69) is 14.8 Å². The summed E-state index contributed by atoms with van der Waals surface area (Å²) in [7, 11) is 0. The third-order valence-corrected chi connectivity index (χ3v) is 3.08. The fraction of sp³-hybridized carbons (Fsp3) is 0.444. The minimum Gasteiger partial charge on any atom is -0.490 e. The quantitative estimate of drug-likeness (QED) is 0.561. The van der Waals surface area contributed by atoms with Crippen molar-refractivity contribution in [3.8, 4) is 11.5 Å². The van der Waals surface area contributed by atoms with Gasteiger partial charge in [0.25, 0.3) is 11.8 Å². The van der Waals surface area contributed by atoms with Gasteiger partial charge >= 0.3 is 12.1 Å². The van der Waals surface area contributed by atoms with Crippen molar-refractivity contribution in [1.82, 2.24) is 10.6 Å². The van der Waals surface area contributed by atoms with Crippen LogP contribution in [0, 0.1) is 0 Å². The first-order valence-corrected chi connectivity index (χ1v) is 8.71. The maximum absolute atomic E-state index is 12.2. The highest BCUT2D eigenvalue weighted by Crippen LogP contribution is 2.28. The molecular formula is C18H24N2O8. The van der Waals surface area contributed by atoms with Gasteiger partial charge in [-0.05, 0) is 39.0 Å². The number of nitrogens with one attached hydrogen (secondary N) is 2. The molecule has 0 fully saturated rings. The van der Waals surface area contributed by atoms with Crippen LogP contribution in [0.1, 0.15) is 31.1 Å². The number of hydrogen-bond donors (Lipinski definition) is 2. The van der Waals surface area contributed by atoms with Crippen LogP contribution in [-0.2, 0) is 19.1 Å². The summed E-state index contributed by atoms with van der Waals surface area (Å²) in [5, 5.41) is 4.24. The van der Waals surface area contributed by atoms with Crippen molar-refractivity contribution >= 4 is 23.9 Å². The molecule has 0 heterocycles. The Balaban J connectivity index is 2.50. The van der Waals surface area contributed by atoms with Gasteiger partial charge in [0.2, 0.25) is 0 Å². The van der Waals surface area contributed by atoms with Crippen molar-refractivity contribution in [3.05, 3.63) is 23.8 Å². The molecule has 0 aliphatic carbocycles. The first-order valence-electron chi connectivity index (χ1n) is 8.71. The zero-order chi connectivity index (χ0) is 20.9. The number of ether oxygens (including phenoxy) is 4.